The van der Waals surface area contributed by atoms with Crippen LogP contribution in [-0.2, 0) is 4.79 Å². The van der Waals surface area contributed by atoms with Crippen molar-refractivity contribution in [2.75, 3.05) is 26.2 Å². The van der Waals surface area contributed by atoms with Crippen LogP contribution in [0.15, 0.2) is 0 Å². The van der Waals surface area contributed by atoms with Gasteiger partial charge in [-0.1, -0.05) is 19.3 Å². The van der Waals surface area contributed by atoms with Crippen molar-refractivity contribution < 1.29 is 9.59 Å². The molecule has 2 heterocycles. The highest BCUT2D eigenvalue weighted by Gasteiger charge is 2.31. The molecule has 1 N–H and O–H groups in total. The molecule has 0 aromatic rings. The highest BCUT2D eigenvalue weighted by Crippen LogP contribution is 2.23. The van der Waals surface area contributed by atoms with Gasteiger partial charge in [0.2, 0.25) is 5.91 Å². The van der Waals surface area contributed by atoms with E-state index in [4.69, 9.17) is 0 Å². The van der Waals surface area contributed by atoms with Crippen molar-refractivity contribution in [1.82, 2.24) is 15.1 Å². The minimum Gasteiger partial charge on any atom is -0.342 e. The Morgan fingerprint density at radius 2 is 1.36 bits per heavy atom. The van der Waals surface area contributed by atoms with E-state index < -0.39 is 0 Å². The zero-order chi connectivity index (χ0) is 15.4. The van der Waals surface area contributed by atoms with Gasteiger partial charge in [0.05, 0.1) is 0 Å². The summed E-state index contributed by atoms with van der Waals surface area (Å²) in [6.45, 7) is 3.31. The van der Waals surface area contributed by atoms with E-state index in [9.17, 15) is 9.59 Å². The molecule has 0 radical (unpaired) electrons. The number of nitrogens with one attached hydrogen (secondary N) is 1. The van der Waals surface area contributed by atoms with E-state index in [0.717, 1.165) is 64.7 Å². The van der Waals surface area contributed by atoms with Gasteiger partial charge in [0.1, 0.15) is 0 Å². The van der Waals surface area contributed by atoms with E-state index in [-0.39, 0.29) is 11.9 Å². The van der Waals surface area contributed by atoms with Gasteiger partial charge in [-0.25, -0.2) is 4.79 Å². The molecular weight excluding hydrogens is 278 g/mol. The predicted molar refractivity (Wildman–Crippen MR) is 85.5 cm³/mol. The lowest BCUT2D eigenvalue weighted by molar-refractivity contribution is -0.135. The molecule has 2 aliphatic heterocycles. The van der Waals surface area contributed by atoms with Crippen molar-refractivity contribution in [3.8, 4) is 0 Å². The normalized spacial score (nSPS) is 24.5. The lowest BCUT2D eigenvalue weighted by Gasteiger charge is -2.34. The fourth-order valence-corrected chi connectivity index (χ4v) is 4.04. The van der Waals surface area contributed by atoms with Crippen LogP contribution in [0.25, 0.3) is 0 Å². The second-order valence-electron chi connectivity index (χ2n) is 7.08. The van der Waals surface area contributed by atoms with Gasteiger partial charge in [-0.2, -0.15) is 0 Å². The molecule has 3 aliphatic rings. The monoisotopic (exact) mass is 307 g/mol. The molecule has 5 heteroatoms. The summed E-state index contributed by atoms with van der Waals surface area (Å²) < 4.78 is 0. The SMILES string of the molecule is O=C(NC1CCCCC1)N1CCC(C(=O)N2CCCC2)CC1. The maximum atomic E-state index is 12.4. The first kappa shape index (κ1) is 15.6. The zero-order valence-electron chi connectivity index (χ0n) is 13.6. The number of urea groups is 1. The molecule has 3 fully saturated rings. The molecule has 3 rings (SSSR count). The maximum Gasteiger partial charge on any atom is 0.317 e. The molecule has 0 bridgehead atoms. The Morgan fingerprint density at radius 3 is 2.00 bits per heavy atom. The van der Waals surface area contributed by atoms with Crippen LogP contribution >= 0.6 is 0 Å². The average Bonchev–Trinajstić information content (AvgIpc) is 3.10. The third-order valence-corrected chi connectivity index (χ3v) is 5.48. The van der Waals surface area contributed by atoms with Gasteiger partial charge >= 0.3 is 6.03 Å². The van der Waals surface area contributed by atoms with Crippen molar-refractivity contribution in [2.45, 2.75) is 63.8 Å². The van der Waals surface area contributed by atoms with E-state index in [2.05, 4.69) is 5.32 Å². The number of amides is 3. The molecule has 0 spiro atoms. The molecule has 2 saturated heterocycles. The summed E-state index contributed by atoms with van der Waals surface area (Å²) in [4.78, 5) is 28.6. The number of rotatable bonds is 2. The summed E-state index contributed by atoms with van der Waals surface area (Å²) >= 11 is 0. The summed E-state index contributed by atoms with van der Waals surface area (Å²) in [5, 5.41) is 3.18. The molecular formula is C17H29N3O2. The second kappa shape index (κ2) is 7.34. The van der Waals surface area contributed by atoms with Crippen LogP contribution in [0.1, 0.15) is 57.8 Å². The topological polar surface area (TPSA) is 52.7 Å². The molecule has 124 valence electrons. The Balaban J connectivity index is 1.42. The van der Waals surface area contributed by atoms with Crippen molar-refractivity contribution in [3.05, 3.63) is 0 Å². The third kappa shape index (κ3) is 3.73. The quantitative estimate of drug-likeness (QED) is 0.851. The number of hydrogen-bond acceptors (Lipinski definition) is 2. The Labute approximate surface area is 133 Å². The van der Waals surface area contributed by atoms with Crippen LogP contribution < -0.4 is 5.32 Å². The molecule has 3 amide bonds. The Morgan fingerprint density at radius 1 is 0.727 bits per heavy atom. The number of carbonyl (C=O) groups excluding carboxylic acids is 2. The zero-order valence-corrected chi connectivity index (χ0v) is 13.6. The molecule has 22 heavy (non-hydrogen) atoms. The van der Waals surface area contributed by atoms with E-state index in [1.807, 2.05) is 9.80 Å². The van der Waals surface area contributed by atoms with Gasteiger partial charge in [-0.05, 0) is 38.5 Å². The summed E-state index contributed by atoms with van der Waals surface area (Å²) in [5.41, 5.74) is 0. The van der Waals surface area contributed by atoms with Crippen LogP contribution in [0.2, 0.25) is 0 Å². The average molecular weight is 307 g/mol. The van der Waals surface area contributed by atoms with Gasteiger partial charge in [-0.3, -0.25) is 4.79 Å². The number of carbonyl (C=O) groups is 2. The van der Waals surface area contributed by atoms with Gasteiger partial charge in [0, 0.05) is 38.1 Å². The van der Waals surface area contributed by atoms with Gasteiger partial charge < -0.3 is 15.1 Å². The molecule has 1 saturated carbocycles. The first-order valence-electron chi connectivity index (χ1n) is 9.08. The molecule has 1 aliphatic carbocycles. The second-order valence-corrected chi connectivity index (χ2v) is 7.08. The molecule has 0 aromatic carbocycles. The Hall–Kier alpha value is -1.26. The van der Waals surface area contributed by atoms with Crippen LogP contribution in [0.4, 0.5) is 4.79 Å². The summed E-state index contributed by atoms with van der Waals surface area (Å²) in [6, 6.07) is 0.448. The molecule has 5 nitrogen and oxygen atoms in total. The Kier molecular flexibility index (Phi) is 5.21. The van der Waals surface area contributed by atoms with E-state index in [1.54, 1.807) is 0 Å². The number of hydrogen-bond donors (Lipinski definition) is 1. The number of piperidine rings is 1. The third-order valence-electron chi connectivity index (χ3n) is 5.48. The Bertz CT molecular complexity index is 393. The van der Waals surface area contributed by atoms with Gasteiger partial charge in [0.25, 0.3) is 0 Å². The van der Waals surface area contributed by atoms with Gasteiger partial charge in [0.15, 0.2) is 0 Å². The lowest BCUT2D eigenvalue weighted by atomic mass is 9.94. The smallest absolute Gasteiger partial charge is 0.317 e. The maximum absolute atomic E-state index is 12.4. The van der Waals surface area contributed by atoms with Gasteiger partial charge in [-0.15, -0.1) is 0 Å². The van der Waals surface area contributed by atoms with Crippen molar-refractivity contribution in [1.29, 1.82) is 0 Å². The standard InChI is InChI=1S/C17H29N3O2/c21-16(19-10-4-5-11-19)14-8-12-20(13-9-14)17(22)18-15-6-2-1-3-7-15/h14-15H,1-13H2,(H,18,22). The summed E-state index contributed by atoms with van der Waals surface area (Å²) in [5.74, 6) is 0.460. The minimum absolute atomic E-state index is 0.0824. The van der Waals surface area contributed by atoms with Crippen LogP contribution in [-0.4, -0.2) is 54.0 Å². The van der Waals surface area contributed by atoms with Crippen LogP contribution in [0.3, 0.4) is 0 Å². The van der Waals surface area contributed by atoms with Crippen molar-refractivity contribution in [3.63, 3.8) is 0 Å². The highest BCUT2D eigenvalue weighted by atomic mass is 16.2. The summed E-state index contributed by atoms with van der Waals surface area (Å²) in [6.07, 6.45) is 9.96. The fraction of sp³-hybridized carbons (Fsp3) is 0.882. The van der Waals surface area contributed by atoms with Crippen LogP contribution in [0.5, 0.6) is 0 Å². The first-order valence-corrected chi connectivity index (χ1v) is 9.08. The fourth-order valence-electron chi connectivity index (χ4n) is 4.04. The molecule has 0 unspecified atom stereocenters. The number of likely N-dealkylation sites (tertiary alicyclic amines) is 2. The molecule has 0 atom stereocenters. The lowest BCUT2D eigenvalue weighted by Crippen LogP contribution is -2.49. The van der Waals surface area contributed by atoms with Crippen LogP contribution in [0, 0.1) is 5.92 Å². The van der Waals surface area contributed by atoms with Crippen molar-refractivity contribution >= 4 is 11.9 Å². The van der Waals surface area contributed by atoms with E-state index in [1.165, 1.54) is 19.3 Å². The van der Waals surface area contributed by atoms with E-state index >= 15 is 0 Å². The largest absolute Gasteiger partial charge is 0.342 e. The van der Waals surface area contributed by atoms with E-state index in [0.29, 0.717) is 11.9 Å². The first-order chi connectivity index (χ1) is 10.7. The molecule has 0 aromatic heterocycles. The predicted octanol–water partition coefficient (Wildman–Crippen LogP) is 2.36. The summed E-state index contributed by atoms with van der Waals surface area (Å²) in [7, 11) is 0. The minimum atomic E-state index is 0.0824. The highest BCUT2D eigenvalue weighted by molar-refractivity contribution is 5.80. The number of nitrogens with zero attached hydrogens (tertiary/aromatic N) is 2. The van der Waals surface area contributed by atoms with Crippen molar-refractivity contribution in [2.24, 2.45) is 5.92 Å².